The Morgan fingerprint density at radius 1 is 1.10 bits per heavy atom. The van der Waals surface area contributed by atoms with Gasteiger partial charge in [0.25, 0.3) is 0 Å². The minimum Gasteiger partial charge on any atom is -0.306 e. The molecule has 4 nitrogen and oxygen atoms in total. The van der Waals surface area contributed by atoms with Gasteiger partial charge in [0.05, 0.1) is 16.3 Å². The van der Waals surface area contributed by atoms with Gasteiger partial charge in [-0.2, -0.15) is 5.10 Å². The van der Waals surface area contributed by atoms with E-state index in [4.69, 9.17) is 34.8 Å². The summed E-state index contributed by atoms with van der Waals surface area (Å²) < 4.78 is 0. The van der Waals surface area contributed by atoms with Gasteiger partial charge in [0, 0.05) is 16.3 Å². The third kappa shape index (κ3) is 4.63. The predicted octanol–water partition coefficient (Wildman–Crippen LogP) is 4.80. The average molecular weight is 343 g/mol. The van der Waals surface area contributed by atoms with Crippen LogP contribution in [0.25, 0.3) is 0 Å². The van der Waals surface area contributed by atoms with Crippen LogP contribution in [0.3, 0.4) is 0 Å². The Bertz CT molecular complexity index is 689. The first-order chi connectivity index (χ1) is 10.1. The molecule has 21 heavy (non-hydrogen) atoms. The molecule has 0 aliphatic heterocycles. The van der Waals surface area contributed by atoms with Crippen molar-refractivity contribution in [2.45, 2.75) is 0 Å². The van der Waals surface area contributed by atoms with E-state index in [0.717, 1.165) is 0 Å². The number of carbonyl (C=O) groups excluding carboxylic acids is 1. The van der Waals surface area contributed by atoms with Gasteiger partial charge in [0.1, 0.15) is 0 Å². The summed E-state index contributed by atoms with van der Waals surface area (Å²) in [6.45, 7) is 0. The molecule has 0 fully saturated rings. The van der Waals surface area contributed by atoms with E-state index in [-0.39, 0.29) is 0 Å². The molecule has 2 rings (SSSR count). The van der Waals surface area contributed by atoms with E-state index in [2.05, 4.69) is 15.8 Å². The Morgan fingerprint density at radius 3 is 2.62 bits per heavy atom. The van der Waals surface area contributed by atoms with Crippen molar-refractivity contribution in [3.8, 4) is 0 Å². The molecule has 0 saturated heterocycles. The van der Waals surface area contributed by atoms with Gasteiger partial charge >= 0.3 is 6.03 Å². The first-order valence-corrected chi connectivity index (χ1v) is 6.99. The Kier molecular flexibility index (Phi) is 5.44. The second-order valence-corrected chi connectivity index (χ2v) is 5.20. The molecule has 0 atom stereocenters. The summed E-state index contributed by atoms with van der Waals surface area (Å²) in [5.41, 5.74) is 3.49. The zero-order valence-corrected chi connectivity index (χ0v) is 12.9. The van der Waals surface area contributed by atoms with Crippen LogP contribution in [0.1, 0.15) is 5.56 Å². The van der Waals surface area contributed by atoms with Gasteiger partial charge in [-0.1, -0.05) is 53.0 Å². The van der Waals surface area contributed by atoms with Crippen LogP contribution in [0.5, 0.6) is 0 Å². The highest BCUT2D eigenvalue weighted by Gasteiger charge is 2.03. The van der Waals surface area contributed by atoms with Crippen molar-refractivity contribution in [1.29, 1.82) is 0 Å². The van der Waals surface area contributed by atoms with Crippen molar-refractivity contribution < 1.29 is 4.79 Å². The summed E-state index contributed by atoms with van der Waals surface area (Å²) >= 11 is 17.7. The fourth-order valence-corrected chi connectivity index (χ4v) is 2.05. The first kappa shape index (κ1) is 15.6. The Hall–Kier alpha value is -1.75. The number of halogens is 3. The molecule has 0 heterocycles. The molecule has 7 heteroatoms. The van der Waals surface area contributed by atoms with E-state index in [1.54, 1.807) is 42.5 Å². The number of hydrogen-bond donors (Lipinski definition) is 2. The Labute approximate surface area is 136 Å². The lowest BCUT2D eigenvalue weighted by molar-refractivity contribution is 0.252. The molecule has 0 aliphatic rings. The number of anilines is 1. The molecule has 0 aromatic heterocycles. The molecule has 0 unspecified atom stereocenters. The van der Waals surface area contributed by atoms with Crippen molar-refractivity contribution in [2.75, 3.05) is 5.32 Å². The fourth-order valence-electron chi connectivity index (χ4n) is 1.51. The van der Waals surface area contributed by atoms with E-state index in [0.29, 0.717) is 26.3 Å². The number of urea groups is 1. The van der Waals surface area contributed by atoms with E-state index >= 15 is 0 Å². The van der Waals surface area contributed by atoms with Crippen LogP contribution in [0.4, 0.5) is 10.5 Å². The van der Waals surface area contributed by atoms with Gasteiger partial charge in [0.2, 0.25) is 0 Å². The SMILES string of the molecule is O=C(N/N=C\c1cccc(Cl)c1Cl)Nc1cccc(Cl)c1. The molecule has 2 amide bonds. The zero-order chi connectivity index (χ0) is 15.2. The van der Waals surface area contributed by atoms with Gasteiger partial charge in [-0.3, -0.25) is 0 Å². The number of hydrazone groups is 1. The summed E-state index contributed by atoms with van der Waals surface area (Å²) in [4.78, 5) is 11.6. The van der Waals surface area contributed by atoms with Crippen LogP contribution in [0.2, 0.25) is 15.1 Å². The maximum absolute atomic E-state index is 11.6. The number of amides is 2. The van der Waals surface area contributed by atoms with Crippen LogP contribution < -0.4 is 10.7 Å². The number of benzene rings is 2. The Morgan fingerprint density at radius 2 is 1.86 bits per heavy atom. The van der Waals surface area contributed by atoms with Gasteiger partial charge < -0.3 is 5.32 Å². The summed E-state index contributed by atoms with van der Waals surface area (Å²) in [5, 5.41) is 7.71. The molecule has 2 aromatic rings. The predicted molar refractivity (Wildman–Crippen MR) is 87.7 cm³/mol. The van der Waals surface area contributed by atoms with Crippen LogP contribution in [0, 0.1) is 0 Å². The van der Waals surface area contributed by atoms with Gasteiger partial charge in [0.15, 0.2) is 0 Å². The molecule has 0 bridgehead atoms. The van der Waals surface area contributed by atoms with Crippen molar-refractivity contribution in [2.24, 2.45) is 5.10 Å². The van der Waals surface area contributed by atoms with Crippen LogP contribution in [0.15, 0.2) is 47.6 Å². The van der Waals surface area contributed by atoms with Crippen molar-refractivity contribution in [3.05, 3.63) is 63.1 Å². The number of rotatable bonds is 3. The maximum atomic E-state index is 11.6. The molecule has 108 valence electrons. The largest absolute Gasteiger partial charge is 0.339 e. The van der Waals surface area contributed by atoms with E-state index in [9.17, 15) is 4.79 Å². The van der Waals surface area contributed by atoms with Crippen LogP contribution >= 0.6 is 34.8 Å². The summed E-state index contributed by atoms with van der Waals surface area (Å²) in [5.74, 6) is 0. The third-order valence-corrected chi connectivity index (χ3v) is 3.50. The van der Waals surface area contributed by atoms with Gasteiger partial charge in [-0.25, -0.2) is 10.2 Å². The van der Waals surface area contributed by atoms with Crippen molar-refractivity contribution >= 4 is 52.7 Å². The van der Waals surface area contributed by atoms with Crippen LogP contribution in [-0.2, 0) is 0 Å². The molecular weight excluding hydrogens is 333 g/mol. The number of nitrogens with zero attached hydrogens (tertiary/aromatic N) is 1. The molecule has 2 aromatic carbocycles. The second-order valence-electron chi connectivity index (χ2n) is 3.98. The molecule has 0 aliphatic carbocycles. The minimum absolute atomic E-state index is 0.375. The highest BCUT2D eigenvalue weighted by molar-refractivity contribution is 6.43. The lowest BCUT2D eigenvalue weighted by Gasteiger charge is -2.04. The number of carbonyl (C=O) groups is 1. The molecule has 2 N–H and O–H groups in total. The minimum atomic E-state index is -0.494. The lowest BCUT2D eigenvalue weighted by atomic mass is 10.2. The van der Waals surface area contributed by atoms with Gasteiger partial charge in [-0.05, 0) is 24.3 Å². The first-order valence-electron chi connectivity index (χ1n) is 5.86. The summed E-state index contributed by atoms with van der Waals surface area (Å²) in [6.07, 6.45) is 1.41. The lowest BCUT2D eigenvalue weighted by Crippen LogP contribution is -2.24. The average Bonchev–Trinajstić information content (AvgIpc) is 2.43. The maximum Gasteiger partial charge on any atom is 0.339 e. The highest BCUT2D eigenvalue weighted by Crippen LogP contribution is 2.24. The highest BCUT2D eigenvalue weighted by atomic mass is 35.5. The van der Waals surface area contributed by atoms with Crippen molar-refractivity contribution in [1.82, 2.24) is 5.43 Å². The zero-order valence-electron chi connectivity index (χ0n) is 10.6. The summed E-state index contributed by atoms with van der Waals surface area (Å²) in [6, 6.07) is 11.4. The summed E-state index contributed by atoms with van der Waals surface area (Å²) in [7, 11) is 0. The van der Waals surface area contributed by atoms with E-state index in [1.165, 1.54) is 6.21 Å². The molecule has 0 radical (unpaired) electrons. The molecule has 0 saturated carbocycles. The number of nitrogens with one attached hydrogen (secondary N) is 2. The normalized spacial score (nSPS) is 10.6. The quantitative estimate of drug-likeness (QED) is 0.611. The standard InChI is InChI=1S/C14H10Cl3N3O/c15-10-4-2-5-11(7-10)19-14(21)20-18-8-9-3-1-6-12(16)13(9)17/h1-8H,(H2,19,20,21)/b18-8-. The fraction of sp³-hybridized carbons (Fsp3) is 0. The second kappa shape index (κ2) is 7.31. The van der Waals surface area contributed by atoms with Gasteiger partial charge in [-0.15, -0.1) is 0 Å². The van der Waals surface area contributed by atoms with E-state index < -0.39 is 6.03 Å². The topological polar surface area (TPSA) is 53.5 Å². The van der Waals surface area contributed by atoms with Crippen molar-refractivity contribution in [3.63, 3.8) is 0 Å². The monoisotopic (exact) mass is 341 g/mol. The Balaban J connectivity index is 1.95. The molecule has 0 spiro atoms. The van der Waals surface area contributed by atoms with Crippen LogP contribution in [-0.4, -0.2) is 12.2 Å². The van der Waals surface area contributed by atoms with E-state index in [1.807, 2.05) is 0 Å². The third-order valence-electron chi connectivity index (χ3n) is 2.43. The molecular formula is C14H10Cl3N3O. The number of hydrogen-bond acceptors (Lipinski definition) is 2. The smallest absolute Gasteiger partial charge is 0.306 e.